The summed E-state index contributed by atoms with van der Waals surface area (Å²) in [6, 6.07) is 0. The Morgan fingerprint density at radius 3 is 1.25 bits per heavy atom. The minimum absolute atomic E-state index is 0.000616. The lowest BCUT2D eigenvalue weighted by molar-refractivity contribution is -0.119. The van der Waals surface area contributed by atoms with Gasteiger partial charge in [0, 0.05) is 65.3 Å². The predicted octanol–water partition coefficient (Wildman–Crippen LogP) is 32.5. The fraction of sp³-hybridized carbons (Fsp3) is 0.798. The van der Waals surface area contributed by atoms with E-state index in [1.54, 1.807) is 19.4 Å². The van der Waals surface area contributed by atoms with Crippen molar-refractivity contribution in [1.82, 2.24) is 0 Å². The molecule has 0 aromatic heterocycles. The Balaban J connectivity index is -0.00000195. The monoisotopic (exact) mass is 1860 g/mol. The van der Waals surface area contributed by atoms with Gasteiger partial charge < -0.3 is 36.6 Å². The summed E-state index contributed by atoms with van der Waals surface area (Å²) in [5, 5.41) is 19.1. The molecule has 0 aliphatic heterocycles. The van der Waals surface area contributed by atoms with Crippen molar-refractivity contribution in [2.75, 3.05) is 32.6 Å². The SMILES string of the molecule is C/C=C\C=C\[C@@H](CCCCN=[N+]=[N-])[C@H](CC(=O)CP(C)(C)=O)O[Si](C)(C)C(C)(C)C.C=C/C=C\[C@H](C)[C@H](O)[C@@H](C)[C@@H](CC[C@H](C)C[C@H](C)[C@@H](C)[C@@H](C)/C=C\C(=O)C[C@H](O[Si](C)(C)C(C)(C)C)[C@@H](/C=C/C=C\C)CCCCN=[N+]=[N-])O[Si](C(C)C)(C(C)C)C(C)C.C=C/C=C\[C@H](C)[C@H](O[Si](C)(C)C)[C@@H](C)[C@H](C)CC[C@H](C)C[C@H](C)[C@@H](O[Si](C)(C)C(C)(C)C)[C@@H](C)C=O. The fourth-order valence-corrected chi connectivity index (χ4v) is 28.8. The van der Waals surface area contributed by atoms with E-state index in [2.05, 4.69) is 315 Å². The molecule has 0 bridgehead atoms. The third-order valence-corrected chi connectivity index (χ3v) is 49.8. The lowest BCUT2D eigenvalue weighted by Gasteiger charge is -2.47. The van der Waals surface area contributed by atoms with Gasteiger partial charge in [-0.2, -0.15) is 0 Å². The molecule has 0 fully saturated rings. The van der Waals surface area contributed by atoms with Crippen LogP contribution in [-0.2, 0) is 41.1 Å². The maximum Gasteiger partial charge on any atom is 0.200 e. The molecule has 0 amide bonds. The van der Waals surface area contributed by atoms with Gasteiger partial charge in [0.05, 0.1) is 49.9 Å². The Morgan fingerprint density at radius 1 is 0.452 bits per heavy atom. The number of carbonyl (C=O) groups excluding carboxylic acids is 3. The molecule has 0 heterocycles. The Labute approximate surface area is 782 Å². The number of azide groups is 2. The highest BCUT2D eigenvalue weighted by Gasteiger charge is 2.49. The van der Waals surface area contributed by atoms with Gasteiger partial charge in [-0.3, -0.25) is 9.59 Å². The van der Waals surface area contributed by atoms with Gasteiger partial charge in [-0.05, 0) is 240 Å². The molecule has 0 aliphatic rings. The van der Waals surface area contributed by atoms with Crippen molar-refractivity contribution in [1.29, 1.82) is 0 Å². The van der Waals surface area contributed by atoms with Crippen LogP contribution in [0.15, 0.2) is 121 Å². The lowest BCUT2D eigenvalue weighted by Crippen LogP contribution is -2.52. The number of rotatable bonds is 62. The Hall–Kier alpha value is -3.64. The summed E-state index contributed by atoms with van der Waals surface area (Å²) in [5.74, 6) is 4.17. The van der Waals surface area contributed by atoms with Crippen LogP contribution in [0.25, 0.3) is 20.9 Å². The summed E-state index contributed by atoms with van der Waals surface area (Å²) in [5.41, 5.74) is 18.6. The van der Waals surface area contributed by atoms with Crippen LogP contribution in [0.3, 0.4) is 0 Å². The molecule has 0 saturated heterocycles. The number of ketones is 2. The fourth-order valence-electron chi connectivity index (χ4n) is 16.7. The van der Waals surface area contributed by atoms with E-state index in [-0.39, 0.29) is 105 Å². The van der Waals surface area contributed by atoms with Gasteiger partial charge in [0.25, 0.3) is 0 Å². The normalized spacial score (nSPS) is 18.3. The number of hydrogen-bond donors (Lipinski definition) is 1. The summed E-state index contributed by atoms with van der Waals surface area (Å²) in [4.78, 5) is 44.0. The molecular formula is C104H199N6O10PSi5. The Morgan fingerprint density at radius 2 is 0.865 bits per heavy atom. The summed E-state index contributed by atoms with van der Waals surface area (Å²) < 4.78 is 46.9. The lowest BCUT2D eigenvalue weighted by atomic mass is 9.78. The highest BCUT2D eigenvalue weighted by Crippen LogP contribution is 2.48. The van der Waals surface area contributed by atoms with E-state index < -0.39 is 54.8 Å². The van der Waals surface area contributed by atoms with Crippen molar-refractivity contribution in [3.8, 4) is 0 Å². The van der Waals surface area contributed by atoms with Crippen molar-refractivity contribution in [3.63, 3.8) is 0 Å². The van der Waals surface area contributed by atoms with E-state index in [0.717, 1.165) is 70.5 Å². The third kappa shape index (κ3) is 50.5. The summed E-state index contributed by atoms with van der Waals surface area (Å²) >= 11 is 0. The van der Waals surface area contributed by atoms with Crippen LogP contribution in [0.2, 0.25) is 90.7 Å². The third-order valence-electron chi connectivity index (χ3n) is 28.1. The number of aliphatic hydroxyl groups excluding tert-OH is 1. The highest BCUT2D eigenvalue weighted by atomic mass is 31.2. The first-order valence-electron chi connectivity index (χ1n) is 48.8. The molecule has 1 N–H and O–H groups in total. The number of allylic oxidation sites excluding steroid dienone is 12. The van der Waals surface area contributed by atoms with Gasteiger partial charge in [-0.25, -0.2) is 0 Å². The van der Waals surface area contributed by atoms with E-state index in [0.29, 0.717) is 83.5 Å². The zero-order valence-electron chi connectivity index (χ0n) is 88.8. The van der Waals surface area contributed by atoms with Gasteiger partial charge >= 0.3 is 0 Å². The van der Waals surface area contributed by atoms with Crippen molar-refractivity contribution in [2.45, 2.75) is 418 Å². The smallest absolute Gasteiger partial charge is 0.200 e. The second-order valence-electron chi connectivity index (χ2n) is 45.0. The molecule has 22 heteroatoms. The molecule has 0 spiro atoms. The van der Waals surface area contributed by atoms with Crippen LogP contribution < -0.4 is 0 Å². The van der Waals surface area contributed by atoms with Gasteiger partial charge in [0.1, 0.15) is 12.1 Å². The van der Waals surface area contributed by atoms with Crippen LogP contribution >= 0.6 is 7.14 Å². The van der Waals surface area contributed by atoms with E-state index in [4.69, 9.17) is 33.2 Å². The second-order valence-corrected chi connectivity index (χ2v) is 72.6. The van der Waals surface area contributed by atoms with Crippen LogP contribution in [-0.4, -0.2) is 134 Å². The number of Topliss-reactive ketones (excluding diaryl/α,β-unsaturated/α-hetero) is 1. The Kier molecular flexibility index (Phi) is 62.3. The number of aldehydes is 1. The Bertz CT molecular complexity index is 3410. The second kappa shape index (κ2) is 62.0. The van der Waals surface area contributed by atoms with Crippen molar-refractivity contribution < 1.29 is 46.2 Å². The molecule has 0 unspecified atom stereocenters. The minimum atomic E-state index is -2.42. The van der Waals surface area contributed by atoms with Crippen LogP contribution in [0.5, 0.6) is 0 Å². The average molecular weight is 1870 g/mol. The maximum atomic E-state index is 13.8. The van der Waals surface area contributed by atoms with Crippen molar-refractivity contribution >= 4 is 66.6 Å². The maximum absolute atomic E-state index is 13.8. The standard InChI is InChI=1S/C51H95N3O4Si2.C31H62O3Si2.C22H42N3O3PSi/c1-20-22-24-28-46(29-25-26-34-53-54-52)49(57-59(18,19)51(15,16)17)36-47(55)32-31-41(10)44(13)43(12)35-40(9)30-33-48(45(14)50(56)42(11)27-23-21-2)58-60(37(3)4,38(5)6)39(7)8;1-16-17-18-25(4)30(33-35(11,12)13)28(7)24(3)20-19-23(2)21-26(5)29(27(6)22-32)34-36(14,15)31(8,9)10;1-9-10-11-14-19(15-12-13-16-24-25-23)21(17-20(26)18-29(5,6)27)28-30(7,8)22(2,3)4/h20-24,27-28,31-32,37-46,48-50,56H,2,25-26,29-30,33-36H2,1,3-19H3;16-18,22-30H,1,19-21H2,2-15H3;9-11,14,19,21H,12-13,15-18H2,1-8H3/b22-20-,27-23-,28-24+,32-31-;18-17-;10-9-,14-11+/t40-,41-,42-,43-,44-,45-,46-,48+,49-,50-;23-,24+,25-,26-,27-,28-,29+,30-;19-,21-/m000/s1. The molecule has 0 aromatic rings. The van der Waals surface area contributed by atoms with Crippen molar-refractivity contribution in [3.05, 3.63) is 131 Å². The first kappa shape index (κ1) is 126. The van der Waals surface area contributed by atoms with Crippen LogP contribution in [0.1, 0.15) is 291 Å². The van der Waals surface area contributed by atoms with Crippen LogP contribution in [0.4, 0.5) is 0 Å². The molecule has 0 rings (SSSR count). The van der Waals surface area contributed by atoms with E-state index >= 15 is 0 Å². The number of aliphatic hydroxyl groups is 1. The predicted molar refractivity (Wildman–Crippen MR) is 562 cm³/mol. The first-order chi connectivity index (χ1) is 57.8. The van der Waals surface area contributed by atoms with Gasteiger partial charge in [-0.1, -0.05) is 327 Å². The quantitative estimate of drug-likeness (QED) is 0.00696. The molecule has 0 saturated carbocycles. The first-order valence-corrected chi connectivity index (χ1v) is 65.9. The summed E-state index contributed by atoms with van der Waals surface area (Å²) in [6.45, 7) is 97.7. The molecule has 0 radical (unpaired) electrons. The molecule has 0 aromatic carbocycles. The molecule has 126 heavy (non-hydrogen) atoms. The molecule has 16 nitrogen and oxygen atoms in total. The molecule has 20 atom stereocenters. The molecule has 0 aliphatic carbocycles. The summed E-state index contributed by atoms with van der Waals surface area (Å²) in [6.07, 6.45) is 45.0. The number of unbranched alkanes of at least 4 members (excludes halogenated alkanes) is 2. The summed E-state index contributed by atoms with van der Waals surface area (Å²) in [7, 11) is -12.5. The van der Waals surface area contributed by atoms with Crippen LogP contribution in [0, 0.1) is 82.9 Å². The zero-order valence-corrected chi connectivity index (χ0v) is 94.7. The van der Waals surface area contributed by atoms with Gasteiger partial charge in [0.2, 0.25) is 8.32 Å². The minimum Gasteiger partial charge on any atom is -0.414 e. The van der Waals surface area contributed by atoms with Crippen molar-refractivity contribution in [2.24, 2.45) is 93.1 Å². The number of nitrogens with zero attached hydrogens (tertiary/aromatic N) is 6. The van der Waals surface area contributed by atoms with Gasteiger partial charge in [0.15, 0.2) is 39.1 Å². The number of carbonyl (C=O) groups is 3. The molecule has 730 valence electrons. The zero-order chi connectivity index (χ0) is 98.3. The highest BCUT2D eigenvalue weighted by molar-refractivity contribution is 7.63. The van der Waals surface area contributed by atoms with Gasteiger partial charge in [-0.15, -0.1) is 0 Å². The molecular weight excluding hydrogens is 1660 g/mol. The number of hydrogen-bond acceptors (Lipinski definition) is 12. The van der Waals surface area contributed by atoms with E-state index in [9.17, 15) is 24.1 Å². The average Bonchev–Trinajstić information content (AvgIpc) is 0.785. The topological polar surface area (TPSA) is 232 Å². The van der Waals surface area contributed by atoms with E-state index in [1.165, 1.54) is 12.8 Å². The largest absolute Gasteiger partial charge is 0.414 e. The van der Waals surface area contributed by atoms with E-state index in [1.807, 2.05) is 69.4 Å².